The van der Waals surface area contributed by atoms with E-state index in [4.69, 9.17) is 5.11 Å². The van der Waals surface area contributed by atoms with Gasteiger partial charge in [-0.05, 0) is 44.7 Å². The fraction of sp³-hybridized carbons (Fsp3) is 0.353. The van der Waals surface area contributed by atoms with Gasteiger partial charge in [0.15, 0.2) is 5.69 Å². The first-order chi connectivity index (χ1) is 11.0. The Kier molecular flexibility index (Phi) is 3.90. The lowest BCUT2D eigenvalue weighted by Gasteiger charge is -2.09. The predicted octanol–water partition coefficient (Wildman–Crippen LogP) is 1.87. The molecule has 6 heteroatoms. The van der Waals surface area contributed by atoms with E-state index in [9.17, 15) is 9.59 Å². The molecule has 1 amide bonds. The molecule has 0 saturated heterocycles. The number of nitrogens with one attached hydrogen (secondary N) is 1. The Labute approximate surface area is 134 Å². The summed E-state index contributed by atoms with van der Waals surface area (Å²) in [5.74, 6) is -1.49. The van der Waals surface area contributed by atoms with Gasteiger partial charge in [-0.2, -0.15) is 5.10 Å². The number of carboxylic acids is 1. The van der Waals surface area contributed by atoms with Crippen LogP contribution in [0.15, 0.2) is 24.3 Å². The van der Waals surface area contributed by atoms with Gasteiger partial charge in [-0.15, -0.1) is 0 Å². The highest BCUT2D eigenvalue weighted by molar-refractivity contribution is 5.96. The summed E-state index contributed by atoms with van der Waals surface area (Å²) in [5.41, 5.74) is 4.36. The molecule has 23 heavy (non-hydrogen) atoms. The maximum Gasteiger partial charge on any atom is 0.325 e. The van der Waals surface area contributed by atoms with Crippen molar-refractivity contribution in [2.75, 3.05) is 0 Å². The second-order valence-electron chi connectivity index (χ2n) is 5.86. The van der Waals surface area contributed by atoms with Crippen LogP contribution in [0.2, 0.25) is 0 Å². The van der Waals surface area contributed by atoms with Crippen LogP contribution < -0.4 is 5.32 Å². The van der Waals surface area contributed by atoms with Crippen molar-refractivity contribution in [1.29, 1.82) is 0 Å². The molecular formula is C17H19N3O3. The Hall–Kier alpha value is -2.63. The number of hydrogen-bond donors (Lipinski definition) is 2. The molecule has 1 aliphatic rings. The molecule has 1 aromatic carbocycles. The summed E-state index contributed by atoms with van der Waals surface area (Å²) in [7, 11) is 0. The average molecular weight is 313 g/mol. The molecular weight excluding hydrogens is 294 g/mol. The minimum Gasteiger partial charge on any atom is -0.480 e. The molecule has 0 radical (unpaired) electrons. The number of aromatic nitrogens is 2. The highest BCUT2D eigenvalue weighted by Gasteiger charge is 2.28. The van der Waals surface area contributed by atoms with Gasteiger partial charge in [-0.1, -0.05) is 18.2 Å². The normalized spacial score (nSPS) is 14.3. The molecule has 0 unspecified atom stereocenters. The van der Waals surface area contributed by atoms with E-state index in [2.05, 4.69) is 10.4 Å². The fourth-order valence-electron chi connectivity index (χ4n) is 2.95. The van der Waals surface area contributed by atoms with Crippen LogP contribution in [0.5, 0.6) is 0 Å². The number of carboxylic acid groups (broad SMARTS) is 1. The van der Waals surface area contributed by atoms with E-state index >= 15 is 0 Å². The van der Waals surface area contributed by atoms with Gasteiger partial charge in [0.05, 0.1) is 5.69 Å². The minimum absolute atomic E-state index is 0.342. The topological polar surface area (TPSA) is 84.2 Å². The summed E-state index contributed by atoms with van der Waals surface area (Å²) in [6, 6.07) is 6.94. The Balaban J connectivity index is 2.01. The number of carbonyl (C=O) groups is 2. The number of rotatable bonds is 4. The summed E-state index contributed by atoms with van der Waals surface area (Å²) < 4.78 is 1.83. The number of aryl methyl sites for hydroxylation is 1. The highest BCUT2D eigenvalue weighted by Crippen LogP contribution is 2.28. The van der Waals surface area contributed by atoms with Gasteiger partial charge in [0.25, 0.3) is 5.91 Å². The van der Waals surface area contributed by atoms with E-state index in [0.29, 0.717) is 5.69 Å². The van der Waals surface area contributed by atoms with Crippen LogP contribution in [0, 0.1) is 6.92 Å². The zero-order valence-electron chi connectivity index (χ0n) is 13.2. The monoisotopic (exact) mass is 313 g/mol. The smallest absolute Gasteiger partial charge is 0.325 e. The van der Waals surface area contributed by atoms with Crippen molar-refractivity contribution in [3.05, 3.63) is 46.8 Å². The van der Waals surface area contributed by atoms with E-state index < -0.39 is 17.9 Å². The van der Waals surface area contributed by atoms with Gasteiger partial charge < -0.3 is 10.4 Å². The zero-order valence-corrected chi connectivity index (χ0v) is 13.2. The van der Waals surface area contributed by atoms with Crippen LogP contribution in [0.25, 0.3) is 5.69 Å². The van der Waals surface area contributed by atoms with E-state index in [-0.39, 0.29) is 0 Å². The number of fused-ring (bicyclic) bond motifs is 1. The second kappa shape index (κ2) is 5.87. The third-order valence-corrected chi connectivity index (χ3v) is 4.21. The molecule has 2 N–H and O–H groups in total. The lowest BCUT2D eigenvalue weighted by atomic mass is 10.1. The molecule has 3 rings (SSSR count). The van der Waals surface area contributed by atoms with Gasteiger partial charge in [-0.3, -0.25) is 9.59 Å². The van der Waals surface area contributed by atoms with E-state index in [1.807, 2.05) is 35.9 Å². The van der Waals surface area contributed by atoms with Crippen molar-refractivity contribution in [1.82, 2.24) is 15.1 Å². The van der Waals surface area contributed by atoms with Gasteiger partial charge >= 0.3 is 5.97 Å². The average Bonchev–Trinajstić information content (AvgIpc) is 3.09. The molecule has 1 aromatic heterocycles. The first-order valence-electron chi connectivity index (χ1n) is 7.69. The van der Waals surface area contributed by atoms with Crippen LogP contribution in [-0.2, 0) is 17.6 Å². The van der Waals surface area contributed by atoms with Crippen LogP contribution in [0.1, 0.15) is 40.7 Å². The summed E-state index contributed by atoms with van der Waals surface area (Å²) in [6.45, 7) is 3.45. The van der Waals surface area contributed by atoms with Crippen molar-refractivity contribution in [3.8, 4) is 5.69 Å². The first kappa shape index (κ1) is 15.3. The Morgan fingerprint density at radius 1 is 1.30 bits per heavy atom. The molecule has 6 nitrogen and oxygen atoms in total. The SMILES string of the molecule is Cc1ccccc1-n1nc(C(=O)N[C@H](C)C(=O)O)c2c1CCC2. The predicted molar refractivity (Wildman–Crippen MR) is 84.9 cm³/mol. The third kappa shape index (κ3) is 2.72. The van der Waals surface area contributed by atoms with E-state index in [1.54, 1.807) is 0 Å². The largest absolute Gasteiger partial charge is 0.480 e. The summed E-state index contributed by atoms with van der Waals surface area (Å²) in [6.07, 6.45) is 2.65. The van der Waals surface area contributed by atoms with Gasteiger partial charge in [-0.25, -0.2) is 4.68 Å². The van der Waals surface area contributed by atoms with Crippen LogP contribution in [0.4, 0.5) is 0 Å². The van der Waals surface area contributed by atoms with Crippen molar-refractivity contribution < 1.29 is 14.7 Å². The second-order valence-corrected chi connectivity index (χ2v) is 5.86. The highest BCUT2D eigenvalue weighted by atomic mass is 16.4. The maximum atomic E-state index is 12.4. The molecule has 0 spiro atoms. The molecule has 0 fully saturated rings. The molecule has 0 bridgehead atoms. The summed E-state index contributed by atoms with van der Waals surface area (Å²) in [5, 5.41) is 15.9. The molecule has 2 aromatic rings. The number of nitrogens with zero attached hydrogens (tertiary/aromatic N) is 2. The Bertz CT molecular complexity index is 779. The number of hydrogen-bond acceptors (Lipinski definition) is 3. The molecule has 0 aliphatic heterocycles. The number of aliphatic carboxylic acids is 1. The zero-order chi connectivity index (χ0) is 16.6. The maximum absolute atomic E-state index is 12.4. The summed E-state index contributed by atoms with van der Waals surface area (Å²) in [4.78, 5) is 23.3. The minimum atomic E-state index is -1.06. The van der Waals surface area contributed by atoms with Crippen LogP contribution in [-0.4, -0.2) is 32.8 Å². The third-order valence-electron chi connectivity index (χ3n) is 4.21. The molecule has 1 atom stereocenters. The van der Waals surface area contributed by atoms with Crippen LogP contribution in [0.3, 0.4) is 0 Å². The Morgan fingerprint density at radius 2 is 2.04 bits per heavy atom. The van der Waals surface area contributed by atoms with Crippen molar-refractivity contribution in [3.63, 3.8) is 0 Å². The van der Waals surface area contributed by atoms with E-state index in [1.165, 1.54) is 6.92 Å². The fourth-order valence-corrected chi connectivity index (χ4v) is 2.95. The lowest BCUT2D eigenvalue weighted by molar-refractivity contribution is -0.138. The van der Waals surface area contributed by atoms with Gasteiger partial charge in [0, 0.05) is 11.3 Å². The summed E-state index contributed by atoms with van der Waals surface area (Å²) >= 11 is 0. The Morgan fingerprint density at radius 3 is 2.74 bits per heavy atom. The quantitative estimate of drug-likeness (QED) is 0.902. The van der Waals surface area contributed by atoms with Crippen LogP contribution >= 0.6 is 0 Å². The molecule has 0 saturated carbocycles. The number of para-hydroxylation sites is 1. The number of benzene rings is 1. The number of amides is 1. The first-order valence-corrected chi connectivity index (χ1v) is 7.69. The molecule has 120 valence electrons. The number of carbonyl (C=O) groups excluding carboxylic acids is 1. The molecule has 1 aliphatic carbocycles. The van der Waals surface area contributed by atoms with Gasteiger partial charge in [0.2, 0.25) is 0 Å². The van der Waals surface area contributed by atoms with Crippen molar-refractivity contribution in [2.45, 2.75) is 39.2 Å². The van der Waals surface area contributed by atoms with Crippen molar-refractivity contribution in [2.24, 2.45) is 0 Å². The van der Waals surface area contributed by atoms with E-state index in [0.717, 1.165) is 41.8 Å². The lowest BCUT2D eigenvalue weighted by Crippen LogP contribution is -2.38. The van der Waals surface area contributed by atoms with Crippen molar-refractivity contribution >= 4 is 11.9 Å². The van der Waals surface area contributed by atoms with Gasteiger partial charge in [0.1, 0.15) is 6.04 Å². The molecule has 1 heterocycles. The standard InChI is InChI=1S/C17H19N3O3/c1-10-6-3-4-8-13(10)20-14-9-5-7-12(14)15(19-20)16(21)18-11(2)17(22)23/h3-4,6,8,11H,5,7,9H2,1-2H3,(H,18,21)(H,22,23)/t11-/m1/s1.